The van der Waals surface area contributed by atoms with Crippen molar-refractivity contribution in [1.82, 2.24) is 0 Å². The number of rotatable bonds is 2. The molecular weight excluding hydrogens is 315 g/mol. The molecule has 0 amide bonds. The summed E-state index contributed by atoms with van der Waals surface area (Å²) in [6.07, 6.45) is -9.83. The first kappa shape index (κ1) is 16.1. The van der Waals surface area contributed by atoms with Crippen molar-refractivity contribution in [2.45, 2.75) is 12.4 Å². The van der Waals surface area contributed by atoms with Crippen LogP contribution in [0.2, 0.25) is 0 Å². The van der Waals surface area contributed by atoms with Crippen molar-refractivity contribution in [3.05, 3.63) is 59.4 Å². The molecule has 0 fully saturated rings. The van der Waals surface area contributed by atoms with Gasteiger partial charge in [-0.05, 0) is 42.5 Å². The van der Waals surface area contributed by atoms with Crippen molar-refractivity contribution >= 4 is 11.4 Å². The van der Waals surface area contributed by atoms with E-state index in [9.17, 15) is 30.7 Å². The maximum atomic E-state index is 12.7. The van der Waals surface area contributed by atoms with Gasteiger partial charge >= 0.3 is 12.4 Å². The predicted octanol–water partition coefficient (Wildman–Crippen LogP) is 5.61. The van der Waals surface area contributed by atoms with Crippen LogP contribution < -0.4 is 5.32 Å². The van der Waals surface area contributed by atoms with E-state index in [0.29, 0.717) is 12.1 Å². The first-order valence-corrected chi connectivity index (χ1v) is 5.88. The van der Waals surface area contributed by atoms with Gasteiger partial charge in [0.1, 0.15) is 5.82 Å². The standard InChI is InChI=1S/C14H8F7N/c15-10-1-3-11(4-2-10)22-12-6-8(13(16,17)18)5-9(7-12)14(19,20)21/h1-7,22H. The Hall–Kier alpha value is -2.25. The van der Waals surface area contributed by atoms with Crippen LogP contribution in [0.1, 0.15) is 11.1 Å². The van der Waals surface area contributed by atoms with Gasteiger partial charge in [0.15, 0.2) is 0 Å². The molecule has 0 aromatic heterocycles. The molecule has 0 aliphatic carbocycles. The maximum absolute atomic E-state index is 12.7. The molecule has 118 valence electrons. The first-order valence-electron chi connectivity index (χ1n) is 5.88. The van der Waals surface area contributed by atoms with Crippen LogP contribution in [0.5, 0.6) is 0 Å². The topological polar surface area (TPSA) is 12.0 Å². The fourth-order valence-electron chi connectivity index (χ4n) is 1.73. The molecule has 0 atom stereocenters. The third-order valence-corrected chi connectivity index (χ3v) is 2.72. The van der Waals surface area contributed by atoms with Gasteiger partial charge in [0.05, 0.1) is 11.1 Å². The van der Waals surface area contributed by atoms with Crippen LogP contribution in [0.15, 0.2) is 42.5 Å². The third kappa shape index (κ3) is 3.90. The van der Waals surface area contributed by atoms with Crippen molar-refractivity contribution in [1.29, 1.82) is 0 Å². The zero-order valence-electron chi connectivity index (χ0n) is 10.7. The van der Waals surface area contributed by atoms with E-state index in [0.717, 1.165) is 12.1 Å². The highest BCUT2D eigenvalue weighted by Crippen LogP contribution is 2.38. The van der Waals surface area contributed by atoms with Crippen LogP contribution in [0.25, 0.3) is 0 Å². The summed E-state index contributed by atoms with van der Waals surface area (Å²) in [7, 11) is 0. The average molecular weight is 323 g/mol. The summed E-state index contributed by atoms with van der Waals surface area (Å²) in [5, 5.41) is 2.39. The molecule has 2 aromatic carbocycles. The van der Waals surface area contributed by atoms with Crippen LogP contribution in [0.4, 0.5) is 42.1 Å². The molecule has 0 aliphatic rings. The summed E-state index contributed by atoms with van der Waals surface area (Å²) in [6, 6.07) is 5.60. The Bertz CT molecular complexity index is 624. The molecule has 2 rings (SSSR count). The quantitative estimate of drug-likeness (QED) is 0.709. The van der Waals surface area contributed by atoms with E-state index in [1.807, 2.05) is 0 Å². The number of alkyl halides is 6. The Morgan fingerprint density at radius 3 is 1.50 bits per heavy atom. The van der Waals surface area contributed by atoms with Gasteiger partial charge < -0.3 is 5.32 Å². The van der Waals surface area contributed by atoms with E-state index in [1.165, 1.54) is 12.1 Å². The molecule has 0 aliphatic heterocycles. The summed E-state index contributed by atoms with van der Waals surface area (Å²) in [4.78, 5) is 0. The minimum Gasteiger partial charge on any atom is -0.355 e. The fraction of sp³-hybridized carbons (Fsp3) is 0.143. The lowest BCUT2D eigenvalue weighted by molar-refractivity contribution is -0.143. The maximum Gasteiger partial charge on any atom is 0.416 e. The van der Waals surface area contributed by atoms with Crippen LogP contribution in [-0.2, 0) is 12.4 Å². The SMILES string of the molecule is Fc1ccc(Nc2cc(C(F)(F)F)cc(C(F)(F)F)c2)cc1. The van der Waals surface area contributed by atoms with Gasteiger partial charge in [-0.15, -0.1) is 0 Å². The monoisotopic (exact) mass is 323 g/mol. The second-order valence-electron chi connectivity index (χ2n) is 4.43. The normalized spacial score (nSPS) is 12.3. The molecule has 0 bridgehead atoms. The third-order valence-electron chi connectivity index (χ3n) is 2.72. The molecule has 0 saturated carbocycles. The number of nitrogens with one attached hydrogen (secondary N) is 1. The van der Waals surface area contributed by atoms with Crippen molar-refractivity contribution in [3.63, 3.8) is 0 Å². The van der Waals surface area contributed by atoms with E-state index in [2.05, 4.69) is 5.32 Å². The van der Waals surface area contributed by atoms with Gasteiger partial charge in [-0.1, -0.05) is 0 Å². The predicted molar refractivity (Wildman–Crippen MR) is 66.1 cm³/mol. The van der Waals surface area contributed by atoms with Gasteiger partial charge in [-0.2, -0.15) is 26.3 Å². The zero-order valence-corrected chi connectivity index (χ0v) is 10.7. The summed E-state index contributed by atoms with van der Waals surface area (Å²) in [6.45, 7) is 0. The first-order chi connectivity index (χ1) is 10.1. The van der Waals surface area contributed by atoms with Crippen LogP contribution in [0.3, 0.4) is 0 Å². The highest BCUT2D eigenvalue weighted by atomic mass is 19.4. The van der Waals surface area contributed by atoms with Gasteiger partial charge in [-0.25, -0.2) is 4.39 Å². The van der Waals surface area contributed by atoms with Crippen molar-refractivity contribution in [2.75, 3.05) is 5.32 Å². The zero-order chi connectivity index (χ0) is 16.5. The number of hydrogen-bond acceptors (Lipinski definition) is 1. The molecule has 8 heteroatoms. The number of anilines is 2. The summed E-state index contributed by atoms with van der Waals surface area (Å²) in [5.41, 5.74) is -3.08. The van der Waals surface area contributed by atoms with Crippen molar-refractivity contribution in [2.24, 2.45) is 0 Å². The molecule has 1 nitrogen and oxygen atoms in total. The Morgan fingerprint density at radius 2 is 1.09 bits per heavy atom. The van der Waals surface area contributed by atoms with Crippen LogP contribution >= 0.6 is 0 Å². The molecule has 0 saturated heterocycles. The largest absolute Gasteiger partial charge is 0.416 e. The smallest absolute Gasteiger partial charge is 0.355 e. The highest BCUT2D eigenvalue weighted by Gasteiger charge is 2.36. The molecular formula is C14H8F7N. The van der Waals surface area contributed by atoms with Gasteiger partial charge in [0.2, 0.25) is 0 Å². The Balaban J connectivity index is 2.44. The molecule has 0 radical (unpaired) electrons. The summed E-state index contributed by atoms with van der Waals surface area (Å²) >= 11 is 0. The van der Waals surface area contributed by atoms with Crippen molar-refractivity contribution < 1.29 is 30.7 Å². The summed E-state index contributed by atoms with van der Waals surface area (Å²) in [5.74, 6) is -0.578. The van der Waals surface area contributed by atoms with Crippen LogP contribution in [-0.4, -0.2) is 0 Å². The van der Waals surface area contributed by atoms with E-state index >= 15 is 0 Å². The van der Waals surface area contributed by atoms with E-state index < -0.39 is 35.0 Å². The molecule has 0 unspecified atom stereocenters. The lowest BCUT2D eigenvalue weighted by Crippen LogP contribution is -2.11. The van der Waals surface area contributed by atoms with Gasteiger partial charge in [0, 0.05) is 11.4 Å². The Kier molecular flexibility index (Phi) is 4.04. The lowest BCUT2D eigenvalue weighted by Gasteiger charge is -2.15. The number of halogens is 7. The second-order valence-corrected chi connectivity index (χ2v) is 4.43. The lowest BCUT2D eigenvalue weighted by atomic mass is 10.1. The van der Waals surface area contributed by atoms with Crippen LogP contribution in [0, 0.1) is 5.82 Å². The Labute approximate surface area is 120 Å². The molecule has 0 spiro atoms. The highest BCUT2D eigenvalue weighted by molar-refractivity contribution is 5.61. The molecule has 0 heterocycles. The van der Waals surface area contributed by atoms with Gasteiger partial charge in [-0.3, -0.25) is 0 Å². The molecule has 22 heavy (non-hydrogen) atoms. The molecule has 2 aromatic rings. The minimum atomic E-state index is -4.92. The second kappa shape index (κ2) is 5.51. The van der Waals surface area contributed by atoms with E-state index in [1.54, 1.807) is 0 Å². The minimum absolute atomic E-state index is 0.0375. The number of hydrogen-bond donors (Lipinski definition) is 1. The summed E-state index contributed by atoms with van der Waals surface area (Å²) < 4.78 is 88.8. The fourth-order valence-corrected chi connectivity index (χ4v) is 1.73. The van der Waals surface area contributed by atoms with Gasteiger partial charge in [0.25, 0.3) is 0 Å². The Morgan fingerprint density at radius 1 is 0.636 bits per heavy atom. The number of benzene rings is 2. The molecule has 1 N–H and O–H groups in total. The van der Waals surface area contributed by atoms with Crippen molar-refractivity contribution in [3.8, 4) is 0 Å². The van der Waals surface area contributed by atoms with E-state index in [-0.39, 0.29) is 11.8 Å². The van der Waals surface area contributed by atoms with E-state index in [4.69, 9.17) is 0 Å². The average Bonchev–Trinajstić information content (AvgIpc) is 2.39.